The van der Waals surface area contributed by atoms with Crippen molar-refractivity contribution in [3.05, 3.63) is 68.7 Å². The number of benzene rings is 2. The summed E-state index contributed by atoms with van der Waals surface area (Å²) in [6.07, 6.45) is 0. The van der Waals surface area contributed by atoms with Crippen molar-refractivity contribution in [1.82, 2.24) is 5.32 Å². The molecule has 0 radical (unpaired) electrons. The number of nitrogens with one attached hydrogen (secondary N) is 2. The van der Waals surface area contributed by atoms with Gasteiger partial charge in [-0.05, 0) is 24.1 Å². The Morgan fingerprint density at radius 3 is 2.50 bits per heavy atom. The molecule has 0 aromatic heterocycles. The van der Waals surface area contributed by atoms with E-state index in [1.54, 1.807) is 32.0 Å². The second kappa shape index (κ2) is 10.9. The van der Waals surface area contributed by atoms with Gasteiger partial charge in [-0.15, -0.1) is 0 Å². The summed E-state index contributed by atoms with van der Waals surface area (Å²) in [5.74, 6) is -2.51. The molecule has 0 unspecified atom stereocenters. The fourth-order valence-electron chi connectivity index (χ4n) is 2.62. The van der Waals surface area contributed by atoms with Gasteiger partial charge >= 0.3 is 5.97 Å². The van der Waals surface area contributed by atoms with E-state index in [-0.39, 0.29) is 33.4 Å². The Kier molecular flexibility index (Phi) is 8.26. The topological polar surface area (TPSA) is 151 Å². The number of ether oxygens (including phenoxy) is 1. The first kappa shape index (κ1) is 24.3. The summed E-state index contributed by atoms with van der Waals surface area (Å²) >= 11 is 6.00. The van der Waals surface area contributed by atoms with Crippen LogP contribution in [0.3, 0.4) is 0 Å². The molecule has 0 aliphatic rings. The third-order valence-corrected chi connectivity index (χ3v) is 4.61. The van der Waals surface area contributed by atoms with Crippen LogP contribution in [0.5, 0.6) is 0 Å². The Hall–Kier alpha value is -3.97. The van der Waals surface area contributed by atoms with Crippen LogP contribution in [0.1, 0.15) is 29.8 Å². The lowest BCUT2D eigenvalue weighted by Crippen LogP contribution is -2.46. The van der Waals surface area contributed by atoms with Gasteiger partial charge < -0.3 is 15.4 Å². The molecule has 0 heterocycles. The zero-order valence-corrected chi connectivity index (χ0v) is 17.9. The maximum Gasteiger partial charge on any atom is 0.329 e. The number of nitro groups is 1. The highest BCUT2D eigenvalue weighted by atomic mass is 35.5. The standard InChI is InChI=1S/C21H19ClN4O6/c1-12(2)19(25-20(28)15-5-3-4-6-16(15)22)21(29)32-11-18(27)24-17-8-7-14(26(30)31)9-13(17)10-23/h3-9,12,19H,11H2,1-2H3,(H,24,27)(H,25,28)/t19-/m0/s1. The number of esters is 1. The van der Waals surface area contributed by atoms with E-state index in [0.29, 0.717) is 0 Å². The van der Waals surface area contributed by atoms with E-state index in [1.807, 2.05) is 0 Å². The van der Waals surface area contributed by atoms with Crippen LogP contribution < -0.4 is 10.6 Å². The lowest BCUT2D eigenvalue weighted by atomic mass is 10.0. The van der Waals surface area contributed by atoms with Gasteiger partial charge in [-0.25, -0.2) is 4.79 Å². The lowest BCUT2D eigenvalue weighted by Gasteiger charge is -2.21. The first-order valence-electron chi connectivity index (χ1n) is 9.34. The minimum atomic E-state index is -1.04. The number of carbonyl (C=O) groups excluding carboxylic acids is 3. The van der Waals surface area contributed by atoms with Crippen LogP contribution in [0.4, 0.5) is 11.4 Å². The molecule has 2 aromatic rings. The number of carbonyl (C=O) groups is 3. The fourth-order valence-corrected chi connectivity index (χ4v) is 2.84. The van der Waals surface area contributed by atoms with Crippen molar-refractivity contribution in [2.75, 3.05) is 11.9 Å². The largest absolute Gasteiger partial charge is 0.454 e. The van der Waals surface area contributed by atoms with Crippen LogP contribution in [0, 0.1) is 27.4 Å². The van der Waals surface area contributed by atoms with Gasteiger partial charge in [-0.1, -0.05) is 37.6 Å². The minimum absolute atomic E-state index is 0.0339. The molecule has 166 valence electrons. The summed E-state index contributed by atoms with van der Waals surface area (Å²) < 4.78 is 5.01. The quantitative estimate of drug-likeness (QED) is 0.350. The molecule has 0 saturated heterocycles. The van der Waals surface area contributed by atoms with Crippen LogP contribution in [0.15, 0.2) is 42.5 Å². The Labute approximate surface area is 188 Å². The van der Waals surface area contributed by atoms with E-state index in [4.69, 9.17) is 21.6 Å². The zero-order chi connectivity index (χ0) is 23.8. The summed E-state index contributed by atoms with van der Waals surface area (Å²) in [5, 5.41) is 25.1. The van der Waals surface area contributed by atoms with Gasteiger partial charge in [0.25, 0.3) is 17.5 Å². The minimum Gasteiger partial charge on any atom is -0.454 e. The Balaban J connectivity index is 2.01. The first-order valence-corrected chi connectivity index (χ1v) is 9.72. The van der Waals surface area contributed by atoms with Crippen molar-refractivity contribution >= 4 is 40.8 Å². The second-order valence-corrected chi connectivity index (χ2v) is 7.34. The van der Waals surface area contributed by atoms with Gasteiger partial charge in [0.2, 0.25) is 0 Å². The fraction of sp³-hybridized carbons (Fsp3) is 0.238. The maximum atomic E-state index is 12.5. The molecular formula is C21H19ClN4O6. The molecule has 2 N–H and O–H groups in total. The Morgan fingerprint density at radius 1 is 1.22 bits per heavy atom. The van der Waals surface area contributed by atoms with Crippen LogP contribution in [-0.4, -0.2) is 35.4 Å². The molecule has 32 heavy (non-hydrogen) atoms. The number of nitrogens with zero attached hydrogens (tertiary/aromatic N) is 2. The zero-order valence-electron chi connectivity index (χ0n) is 17.1. The monoisotopic (exact) mass is 458 g/mol. The number of hydrogen-bond donors (Lipinski definition) is 2. The summed E-state index contributed by atoms with van der Waals surface area (Å²) in [6.45, 7) is 2.69. The van der Waals surface area contributed by atoms with Crippen molar-refractivity contribution < 1.29 is 24.0 Å². The molecule has 0 aliphatic carbocycles. The number of nitriles is 1. The molecule has 0 saturated carbocycles. The molecule has 10 nitrogen and oxygen atoms in total. The number of nitro benzene ring substituents is 1. The van der Waals surface area contributed by atoms with Crippen molar-refractivity contribution in [3.8, 4) is 6.07 Å². The highest BCUT2D eigenvalue weighted by Gasteiger charge is 2.27. The van der Waals surface area contributed by atoms with Gasteiger partial charge in [-0.2, -0.15) is 5.26 Å². The van der Waals surface area contributed by atoms with E-state index in [2.05, 4.69) is 10.6 Å². The second-order valence-electron chi connectivity index (χ2n) is 6.93. The molecule has 2 aromatic carbocycles. The normalized spacial score (nSPS) is 11.2. The maximum absolute atomic E-state index is 12.5. The first-order chi connectivity index (χ1) is 15.1. The molecule has 0 bridgehead atoms. The molecule has 0 spiro atoms. The van der Waals surface area contributed by atoms with Crippen LogP contribution in [0.2, 0.25) is 5.02 Å². The summed E-state index contributed by atoms with van der Waals surface area (Å²) in [6, 6.07) is 10.4. The number of non-ortho nitro benzene ring substituents is 1. The molecule has 1 atom stereocenters. The van der Waals surface area contributed by atoms with Gasteiger partial charge in [-0.3, -0.25) is 19.7 Å². The van der Waals surface area contributed by atoms with Gasteiger partial charge in [0, 0.05) is 12.1 Å². The Morgan fingerprint density at radius 2 is 1.91 bits per heavy atom. The molecular weight excluding hydrogens is 440 g/mol. The van der Waals surface area contributed by atoms with Crippen molar-refractivity contribution in [1.29, 1.82) is 5.26 Å². The molecule has 0 aliphatic heterocycles. The molecule has 11 heteroatoms. The molecule has 2 amide bonds. The lowest BCUT2D eigenvalue weighted by molar-refractivity contribution is -0.384. The van der Waals surface area contributed by atoms with Gasteiger partial charge in [0.1, 0.15) is 12.1 Å². The predicted octanol–water partition coefficient (Wildman–Crippen LogP) is 3.06. The van der Waals surface area contributed by atoms with E-state index in [0.717, 1.165) is 12.1 Å². The number of anilines is 1. The van der Waals surface area contributed by atoms with Crippen LogP contribution in [0.25, 0.3) is 0 Å². The smallest absolute Gasteiger partial charge is 0.329 e. The third kappa shape index (κ3) is 6.26. The summed E-state index contributed by atoms with van der Waals surface area (Å²) in [5.41, 5.74) is -0.204. The highest BCUT2D eigenvalue weighted by Crippen LogP contribution is 2.21. The van der Waals surface area contributed by atoms with Crippen LogP contribution in [-0.2, 0) is 14.3 Å². The number of hydrogen-bond acceptors (Lipinski definition) is 7. The van der Waals surface area contributed by atoms with E-state index < -0.39 is 35.4 Å². The average molecular weight is 459 g/mol. The van der Waals surface area contributed by atoms with E-state index >= 15 is 0 Å². The Bertz CT molecular complexity index is 1100. The number of halogens is 1. The SMILES string of the molecule is CC(C)[C@H](NC(=O)c1ccccc1Cl)C(=O)OCC(=O)Nc1ccc([N+](=O)[O-])cc1C#N. The third-order valence-electron chi connectivity index (χ3n) is 4.28. The summed E-state index contributed by atoms with van der Waals surface area (Å²) in [7, 11) is 0. The van der Waals surface area contributed by atoms with Gasteiger partial charge in [0.15, 0.2) is 6.61 Å². The summed E-state index contributed by atoms with van der Waals surface area (Å²) in [4.78, 5) is 47.2. The molecule has 2 rings (SSSR count). The van der Waals surface area contributed by atoms with Crippen molar-refractivity contribution in [3.63, 3.8) is 0 Å². The molecule has 0 fully saturated rings. The van der Waals surface area contributed by atoms with E-state index in [9.17, 15) is 24.5 Å². The predicted molar refractivity (Wildman–Crippen MR) is 115 cm³/mol. The van der Waals surface area contributed by atoms with E-state index in [1.165, 1.54) is 18.2 Å². The van der Waals surface area contributed by atoms with Crippen molar-refractivity contribution in [2.24, 2.45) is 5.92 Å². The van der Waals surface area contributed by atoms with Gasteiger partial charge in [0.05, 0.1) is 26.8 Å². The highest BCUT2D eigenvalue weighted by molar-refractivity contribution is 6.33. The number of amides is 2. The van der Waals surface area contributed by atoms with Crippen LogP contribution >= 0.6 is 11.6 Å². The van der Waals surface area contributed by atoms with Crippen molar-refractivity contribution in [2.45, 2.75) is 19.9 Å². The number of rotatable bonds is 8. The average Bonchev–Trinajstić information content (AvgIpc) is 2.75.